The second-order valence-electron chi connectivity index (χ2n) is 2.86. The van der Waals surface area contributed by atoms with Crippen molar-refractivity contribution in [1.82, 2.24) is 5.32 Å². The maximum atomic E-state index is 5.83. The summed E-state index contributed by atoms with van der Waals surface area (Å²) in [5.74, 6) is 0.864. The first-order valence-electron chi connectivity index (χ1n) is 4.27. The van der Waals surface area contributed by atoms with Gasteiger partial charge in [0.1, 0.15) is 12.4 Å². The van der Waals surface area contributed by atoms with Crippen LogP contribution in [0.5, 0.6) is 5.75 Å². The molecule has 0 atom stereocenters. The Kier molecular flexibility index (Phi) is 4.06. The van der Waals surface area contributed by atoms with Gasteiger partial charge in [-0.1, -0.05) is 17.7 Å². The lowest BCUT2D eigenvalue weighted by atomic mass is 10.2. The van der Waals surface area contributed by atoms with Gasteiger partial charge in [-0.2, -0.15) is 0 Å². The van der Waals surface area contributed by atoms with E-state index in [4.69, 9.17) is 16.3 Å². The maximum Gasteiger partial charge on any atom is 0.123 e. The van der Waals surface area contributed by atoms with Crippen molar-refractivity contribution in [3.05, 3.63) is 28.8 Å². The number of ether oxygens (including phenoxy) is 1. The Balaban J connectivity index is 2.59. The van der Waals surface area contributed by atoms with Gasteiger partial charge in [0, 0.05) is 11.6 Å². The molecular formula is C10H14ClNO. The number of benzene rings is 1. The standard InChI is InChI=1S/C10H14ClNO/c1-8-3-4-9(11)7-10(8)13-6-5-12-2/h3-4,7,12H,5-6H2,1-2H3. The van der Waals surface area contributed by atoms with Gasteiger partial charge >= 0.3 is 0 Å². The number of hydrogen-bond donors (Lipinski definition) is 1. The van der Waals surface area contributed by atoms with E-state index in [1.165, 1.54) is 0 Å². The van der Waals surface area contributed by atoms with Crippen molar-refractivity contribution >= 4 is 11.6 Å². The molecule has 0 aliphatic rings. The van der Waals surface area contributed by atoms with Crippen molar-refractivity contribution in [2.24, 2.45) is 0 Å². The van der Waals surface area contributed by atoms with E-state index in [1.807, 2.05) is 32.2 Å². The van der Waals surface area contributed by atoms with Crippen LogP contribution in [0.4, 0.5) is 0 Å². The van der Waals surface area contributed by atoms with Crippen LogP contribution in [-0.2, 0) is 0 Å². The second-order valence-corrected chi connectivity index (χ2v) is 3.30. The molecule has 0 bridgehead atoms. The van der Waals surface area contributed by atoms with Gasteiger partial charge in [-0.3, -0.25) is 0 Å². The monoisotopic (exact) mass is 199 g/mol. The van der Waals surface area contributed by atoms with Crippen LogP contribution in [0.1, 0.15) is 5.56 Å². The summed E-state index contributed by atoms with van der Waals surface area (Å²) >= 11 is 5.83. The minimum absolute atomic E-state index is 0.664. The van der Waals surface area contributed by atoms with Crippen LogP contribution >= 0.6 is 11.6 Å². The van der Waals surface area contributed by atoms with Crippen LogP contribution in [-0.4, -0.2) is 20.2 Å². The number of hydrogen-bond acceptors (Lipinski definition) is 2. The molecule has 0 aliphatic carbocycles. The Hall–Kier alpha value is -0.730. The zero-order valence-corrected chi connectivity index (χ0v) is 8.69. The molecule has 0 aliphatic heterocycles. The minimum atomic E-state index is 0.664. The molecule has 0 unspecified atom stereocenters. The van der Waals surface area contributed by atoms with E-state index in [0.29, 0.717) is 11.6 Å². The molecule has 72 valence electrons. The second kappa shape index (κ2) is 5.10. The predicted octanol–water partition coefficient (Wildman–Crippen LogP) is 2.25. The Morgan fingerprint density at radius 1 is 1.46 bits per heavy atom. The Morgan fingerprint density at radius 3 is 2.92 bits per heavy atom. The lowest BCUT2D eigenvalue weighted by Gasteiger charge is -2.08. The maximum absolute atomic E-state index is 5.83. The molecule has 2 nitrogen and oxygen atoms in total. The molecule has 0 fully saturated rings. The lowest BCUT2D eigenvalue weighted by Crippen LogP contribution is -2.16. The summed E-state index contributed by atoms with van der Waals surface area (Å²) in [4.78, 5) is 0. The summed E-state index contributed by atoms with van der Waals surface area (Å²) in [6, 6.07) is 5.66. The quantitative estimate of drug-likeness (QED) is 0.752. The average Bonchev–Trinajstić information content (AvgIpc) is 2.11. The SMILES string of the molecule is CNCCOc1cc(Cl)ccc1C. The summed E-state index contributed by atoms with van der Waals surface area (Å²) in [5.41, 5.74) is 1.11. The van der Waals surface area contributed by atoms with Gasteiger partial charge in [0.15, 0.2) is 0 Å². The number of halogens is 1. The molecule has 0 radical (unpaired) electrons. The van der Waals surface area contributed by atoms with Crippen molar-refractivity contribution < 1.29 is 4.74 Å². The van der Waals surface area contributed by atoms with Crippen LogP contribution in [0.3, 0.4) is 0 Å². The molecule has 0 aromatic heterocycles. The summed E-state index contributed by atoms with van der Waals surface area (Å²) in [5, 5.41) is 3.73. The topological polar surface area (TPSA) is 21.3 Å². The van der Waals surface area contributed by atoms with Gasteiger partial charge in [0.25, 0.3) is 0 Å². The van der Waals surface area contributed by atoms with Crippen molar-refractivity contribution in [2.75, 3.05) is 20.2 Å². The Labute approximate surface area is 83.9 Å². The number of likely N-dealkylation sites (N-methyl/N-ethyl adjacent to an activating group) is 1. The van der Waals surface area contributed by atoms with Gasteiger partial charge in [0.05, 0.1) is 0 Å². The first kappa shape index (κ1) is 10.4. The molecule has 1 aromatic rings. The van der Waals surface area contributed by atoms with Crippen LogP contribution in [0.2, 0.25) is 5.02 Å². The van der Waals surface area contributed by atoms with Gasteiger partial charge in [-0.15, -0.1) is 0 Å². The van der Waals surface area contributed by atoms with E-state index >= 15 is 0 Å². The van der Waals surface area contributed by atoms with Crippen LogP contribution < -0.4 is 10.1 Å². The summed E-state index contributed by atoms with van der Waals surface area (Å²) in [6.07, 6.45) is 0. The summed E-state index contributed by atoms with van der Waals surface area (Å²) in [7, 11) is 1.90. The lowest BCUT2D eigenvalue weighted by molar-refractivity contribution is 0.316. The highest BCUT2D eigenvalue weighted by Gasteiger charge is 1.99. The molecule has 1 rings (SSSR count). The molecule has 0 spiro atoms. The highest BCUT2D eigenvalue weighted by molar-refractivity contribution is 6.30. The molecule has 0 saturated carbocycles. The molecule has 1 N–H and O–H groups in total. The highest BCUT2D eigenvalue weighted by Crippen LogP contribution is 2.22. The normalized spacial score (nSPS) is 10.1. The van der Waals surface area contributed by atoms with E-state index in [2.05, 4.69) is 5.32 Å². The van der Waals surface area contributed by atoms with Crippen molar-refractivity contribution in [3.63, 3.8) is 0 Å². The summed E-state index contributed by atoms with van der Waals surface area (Å²) < 4.78 is 5.51. The van der Waals surface area contributed by atoms with E-state index in [9.17, 15) is 0 Å². The van der Waals surface area contributed by atoms with E-state index in [0.717, 1.165) is 17.9 Å². The molecule has 13 heavy (non-hydrogen) atoms. The van der Waals surface area contributed by atoms with Crippen molar-refractivity contribution in [2.45, 2.75) is 6.92 Å². The van der Waals surface area contributed by atoms with Crippen molar-refractivity contribution in [3.8, 4) is 5.75 Å². The van der Waals surface area contributed by atoms with Gasteiger partial charge in [-0.25, -0.2) is 0 Å². The first-order valence-corrected chi connectivity index (χ1v) is 4.65. The molecule has 0 amide bonds. The molecule has 0 saturated heterocycles. The molecule has 3 heteroatoms. The fourth-order valence-electron chi connectivity index (χ4n) is 0.992. The fraction of sp³-hybridized carbons (Fsp3) is 0.400. The van der Waals surface area contributed by atoms with E-state index in [-0.39, 0.29) is 0 Å². The van der Waals surface area contributed by atoms with Crippen LogP contribution in [0.25, 0.3) is 0 Å². The van der Waals surface area contributed by atoms with Gasteiger partial charge < -0.3 is 10.1 Å². The number of nitrogens with one attached hydrogen (secondary N) is 1. The average molecular weight is 200 g/mol. The first-order chi connectivity index (χ1) is 6.24. The van der Waals surface area contributed by atoms with Gasteiger partial charge in [-0.05, 0) is 31.7 Å². The fourth-order valence-corrected chi connectivity index (χ4v) is 1.15. The zero-order valence-electron chi connectivity index (χ0n) is 7.93. The Morgan fingerprint density at radius 2 is 2.23 bits per heavy atom. The highest BCUT2D eigenvalue weighted by atomic mass is 35.5. The number of aryl methyl sites for hydroxylation is 1. The third kappa shape index (κ3) is 3.25. The smallest absolute Gasteiger partial charge is 0.123 e. The Bertz CT molecular complexity index is 276. The van der Waals surface area contributed by atoms with Crippen LogP contribution in [0.15, 0.2) is 18.2 Å². The zero-order chi connectivity index (χ0) is 9.68. The predicted molar refractivity (Wildman–Crippen MR) is 55.6 cm³/mol. The third-order valence-electron chi connectivity index (χ3n) is 1.76. The molecular weight excluding hydrogens is 186 g/mol. The third-order valence-corrected chi connectivity index (χ3v) is 1.99. The molecule has 0 heterocycles. The van der Waals surface area contributed by atoms with Crippen LogP contribution in [0, 0.1) is 6.92 Å². The number of rotatable bonds is 4. The largest absolute Gasteiger partial charge is 0.492 e. The minimum Gasteiger partial charge on any atom is -0.492 e. The molecule has 1 aromatic carbocycles. The van der Waals surface area contributed by atoms with E-state index in [1.54, 1.807) is 0 Å². The summed E-state index contributed by atoms with van der Waals surface area (Å²) in [6.45, 7) is 3.51. The van der Waals surface area contributed by atoms with E-state index < -0.39 is 0 Å². The van der Waals surface area contributed by atoms with Gasteiger partial charge in [0.2, 0.25) is 0 Å². The van der Waals surface area contributed by atoms with Crippen molar-refractivity contribution in [1.29, 1.82) is 0 Å².